The molecule has 1 rings (SSSR count). The molecule has 0 aliphatic carbocycles. The highest BCUT2D eigenvalue weighted by atomic mass is 35.5. The van der Waals surface area contributed by atoms with Crippen molar-refractivity contribution in [2.45, 2.75) is 38.9 Å². The summed E-state index contributed by atoms with van der Waals surface area (Å²) in [5.74, 6) is -0.467. The van der Waals surface area contributed by atoms with Crippen LogP contribution in [0, 0.1) is 0 Å². The van der Waals surface area contributed by atoms with Crippen molar-refractivity contribution in [3.05, 3.63) is 27.7 Å². The van der Waals surface area contributed by atoms with Crippen LogP contribution in [0.1, 0.15) is 31.1 Å². The van der Waals surface area contributed by atoms with E-state index in [4.69, 9.17) is 33.4 Å². The van der Waals surface area contributed by atoms with Gasteiger partial charge in [0.05, 0.1) is 16.3 Å². The highest BCUT2D eigenvalue weighted by Gasteiger charge is 2.40. The molecular weight excluding hydrogens is 301 g/mol. The Labute approximate surface area is 125 Å². The fourth-order valence-electron chi connectivity index (χ4n) is 1.20. The number of halogens is 2. The van der Waals surface area contributed by atoms with E-state index in [0.717, 1.165) is 0 Å². The van der Waals surface area contributed by atoms with E-state index in [0.29, 0.717) is 5.02 Å². The van der Waals surface area contributed by atoms with Gasteiger partial charge in [0.1, 0.15) is 0 Å². The third kappa shape index (κ3) is 3.65. The Balaban J connectivity index is 3.10. The van der Waals surface area contributed by atoms with Crippen molar-refractivity contribution in [1.29, 1.82) is 0 Å². The van der Waals surface area contributed by atoms with Gasteiger partial charge in [0.2, 0.25) is 0 Å². The van der Waals surface area contributed by atoms with Gasteiger partial charge < -0.3 is 10.2 Å². The highest BCUT2D eigenvalue weighted by molar-refractivity contribution is 6.75. The first kappa shape index (κ1) is 16.3. The van der Waals surface area contributed by atoms with Crippen LogP contribution < -0.4 is 5.73 Å². The summed E-state index contributed by atoms with van der Waals surface area (Å²) in [5.41, 5.74) is 6.19. The molecule has 0 fully saturated rings. The standard InChI is InChI=1S/C13H19Cl2NO2Si/c1-13(2,3)19(4,5)18-12(17)9-6-8(14)7-10(16)11(9)15/h6-7H,16H2,1-5H3. The zero-order valence-electron chi connectivity index (χ0n) is 11.8. The van der Waals surface area contributed by atoms with Crippen LogP contribution in [0.15, 0.2) is 12.1 Å². The van der Waals surface area contributed by atoms with Crippen molar-refractivity contribution in [2.75, 3.05) is 5.73 Å². The number of rotatable bonds is 2. The van der Waals surface area contributed by atoms with Gasteiger partial charge in [0.15, 0.2) is 0 Å². The maximum absolute atomic E-state index is 12.2. The van der Waals surface area contributed by atoms with Gasteiger partial charge in [-0.3, -0.25) is 0 Å². The number of carbonyl (C=O) groups excluding carboxylic acids is 1. The molecule has 0 saturated carbocycles. The van der Waals surface area contributed by atoms with Crippen LogP contribution in [0.5, 0.6) is 0 Å². The van der Waals surface area contributed by atoms with E-state index in [1.165, 1.54) is 12.1 Å². The van der Waals surface area contributed by atoms with E-state index in [1.807, 2.05) is 13.1 Å². The lowest BCUT2D eigenvalue weighted by Gasteiger charge is -2.35. The zero-order valence-corrected chi connectivity index (χ0v) is 14.3. The van der Waals surface area contributed by atoms with Gasteiger partial charge in [0, 0.05) is 5.02 Å². The van der Waals surface area contributed by atoms with Crippen molar-refractivity contribution < 1.29 is 9.22 Å². The van der Waals surface area contributed by atoms with Crippen LogP contribution in [0.3, 0.4) is 0 Å². The molecule has 0 unspecified atom stereocenters. The predicted octanol–water partition coefficient (Wildman–Crippen LogP) is 4.74. The van der Waals surface area contributed by atoms with Crippen molar-refractivity contribution in [2.24, 2.45) is 0 Å². The van der Waals surface area contributed by atoms with Crippen LogP contribution in [0.4, 0.5) is 5.69 Å². The molecule has 1 aromatic rings. The topological polar surface area (TPSA) is 52.3 Å². The smallest absolute Gasteiger partial charge is 0.326 e. The minimum atomic E-state index is -2.20. The SMILES string of the molecule is CC(C)(C)[Si](C)(C)OC(=O)c1cc(Cl)cc(N)c1Cl. The average Bonchev–Trinajstić information content (AvgIpc) is 2.20. The Morgan fingerprint density at radius 3 is 2.26 bits per heavy atom. The molecular formula is C13H19Cl2NO2Si. The van der Waals surface area contributed by atoms with E-state index < -0.39 is 14.3 Å². The number of nitrogens with two attached hydrogens (primary N) is 1. The number of hydrogen-bond donors (Lipinski definition) is 1. The molecule has 0 radical (unpaired) electrons. The number of benzene rings is 1. The van der Waals surface area contributed by atoms with Crippen molar-refractivity contribution in [3.63, 3.8) is 0 Å². The molecule has 0 amide bonds. The maximum Gasteiger partial charge on any atom is 0.326 e. The second-order valence-electron chi connectivity index (χ2n) is 6.01. The van der Waals surface area contributed by atoms with Gasteiger partial charge >= 0.3 is 5.97 Å². The van der Waals surface area contributed by atoms with Crippen molar-refractivity contribution in [1.82, 2.24) is 0 Å². The molecule has 0 bridgehead atoms. The third-order valence-corrected chi connectivity index (χ3v) is 8.39. The molecule has 1 aromatic carbocycles. The summed E-state index contributed by atoms with van der Waals surface area (Å²) >= 11 is 11.9. The van der Waals surface area contributed by atoms with Gasteiger partial charge in [-0.25, -0.2) is 4.79 Å². The summed E-state index contributed by atoms with van der Waals surface area (Å²) in [4.78, 5) is 12.2. The summed E-state index contributed by atoms with van der Waals surface area (Å²) < 4.78 is 5.68. The molecule has 0 aliphatic rings. The summed E-state index contributed by atoms with van der Waals surface area (Å²) in [6.45, 7) is 10.2. The first-order valence-electron chi connectivity index (χ1n) is 5.93. The van der Waals surface area contributed by atoms with E-state index >= 15 is 0 Å². The molecule has 0 atom stereocenters. The molecule has 6 heteroatoms. The van der Waals surface area contributed by atoms with E-state index in [9.17, 15) is 4.79 Å². The zero-order chi connectivity index (χ0) is 15.0. The van der Waals surface area contributed by atoms with Gasteiger partial charge in [-0.2, -0.15) is 0 Å². The lowest BCUT2D eigenvalue weighted by atomic mass is 10.2. The van der Waals surface area contributed by atoms with Crippen molar-refractivity contribution in [3.8, 4) is 0 Å². The molecule has 19 heavy (non-hydrogen) atoms. The second-order valence-corrected chi connectivity index (χ2v) is 11.5. The molecule has 106 valence electrons. The summed E-state index contributed by atoms with van der Waals surface area (Å²) in [6, 6.07) is 2.99. The largest absolute Gasteiger partial charge is 0.516 e. The van der Waals surface area contributed by atoms with Crippen LogP contribution in [-0.2, 0) is 4.43 Å². The highest BCUT2D eigenvalue weighted by Crippen LogP contribution is 2.38. The average molecular weight is 320 g/mol. The van der Waals surface area contributed by atoms with Crippen LogP contribution in [-0.4, -0.2) is 14.3 Å². The summed E-state index contributed by atoms with van der Waals surface area (Å²) in [7, 11) is -2.20. The number of carbonyl (C=O) groups is 1. The second kappa shape index (κ2) is 5.35. The maximum atomic E-state index is 12.2. The van der Waals surface area contributed by atoms with E-state index in [1.54, 1.807) is 0 Å². The Hall–Kier alpha value is -0.713. The predicted molar refractivity (Wildman–Crippen MR) is 83.5 cm³/mol. The third-order valence-electron chi connectivity index (χ3n) is 3.44. The van der Waals surface area contributed by atoms with E-state index in [-0.39, 0.29) is 21.3 Å². The first-order valence-corrected chi connectivity index (χ1v) is 9.60. The lowest BCUT2D eigenvalue weighted by Crippen LogP contribution is -2.42. The molecule has 2 N–H and O–H groups in total. The molecule has 0 spiro atoms. The Kier molecular flexibility index (Phi) is 4.60. The monoisotopic (exact) mass is 319 g/mol. The van der Waals surface area contributed by atoms with Crippen molar-refractivity contribution >= 4 is 43.2 Å². The fourth-order valence-corrected chi connectivity index (χ4v) is 2.49. The molecule has 0 saturated heterocycles. The van der Waals surface area contributed by atoms with Crippen LogP contribution in [0.2, 0.25) is 28.2 Å². The van der Waals surface area contributed by atoms with Gasteiger partial charge in [-0.15, -0.1) is 0 Å². The first-order chi connectivity index (χ1) is 8.45. The minimum Gasteiger partial charge on any atom is -0.516 e. The summed E-state index contributed by atoms with van der Waals surface area (Å²) in [6.07, 6.45) is 0. The molecule has 0 aromatic heterocycles. The summed E-state index contributed by atoms with van der Waals surface area (Å²) in [5, 5.41) is 0.483. The molecule has 3 nitrogen and oxygen atoms in total. The number of nitrogen functional groups attached to an aromatic ring is 1. The van der Waals surface area contributed by atoms with Crippen LogP contribution in [0.25, 0.3) is 0 Å². The lowest BCUT2D eigenvalue weighted by molar-refractivity contribution is 0.0713. The van der Waals surface area contributed by atoms with Gasteiger partial charge in [-0.05, 0) is 30.3 Å². The van der Waals surface area contributed by atoms with Gasteiger partial charge in [0.25, 0.3) is 8.32 Å². The van der Waals surface area contributed by atoms with Gasteiger partial charge in [-0.1, -0.05) is 44.0 Å². The molecule has 0 aliphatic heterocycles. The van der Waals surface area contributed by atoms with E-state index in [2.05, 4.69) is 20.8 Å². The minimum absolute atomic E-state index is 0.0702. The Bertz CT molecular complexity index is 510. The number of hydrogen-bond acceptors (Lipinski definition) is 3. The Morgan fingerprint density at radius 1 is 1.26 bits per heavy atom. The quantitative estimate of drug-likeness (QED) is 0.632. The fraction of sp³-hybridized carbons (Fsp3) is 0.462. The normalized spacial score (nSPS) is 12.4. The van der Waals surface area contributed by atoms with Crippen LogP contribution >= 0.6 is 23.2 Å². The molecule has 0 heterocycles. The Morgan fingerprint density at radius 2 is 1.79 bits per heavy atom. The number of anilines is 1.